The van der Waals surface area contributed by atoms with E-state index < -0.39 is 28.1 Å². The van der Waals surface area contributed by atoms with Crippen LogP contribution in [0.2, 0.25) is 0 Å². The Hall–Kier alpha value is -4.29. The average Bonchev–Trinajstić information content (AvgIpc) is 3.27. The first-order valence-electron chi connectivity index (χ1n) is 10.8. The maximum Gasteiger partial charge on any atom is 0.336 e. The van der Waals surface area contributed by atoms with E-state index in [0.29, 0.717) is 15.5 Å². The van der Waals surface area contributed by atoms with Crippen molar-refractivity contribution in [2.24, 2.45) is 0 Å². The van der Waals surface area contributed by atoms with Crippen molar-refractivity contribution in [1.29, 1.82) is 0 Å². The quantitative estimate of drug-likeness (QED) is 0.152. The number of aryl methyl sites for hydroxylation is 2. The summed E-state index contributed by atoms with van der Waals surface area (Å²) in [6.07, 6.45) is 0. The second-order valence-electron chi connectivity index (χ2n) is 8.01. The van der Waals surface area contributed by atoms with Gasteiger partial charge in [0.1, 0.15) is 0 Å². The zero-order valence-corrected chi connectivity index (χ0v) is 21.2. The number of aromatic carboxylic acids is 1. The summed E-state index contributed by atoms with van der Waals surface area (Å²) in [5.74, 6) is -2.13. The summed E-state index contributed by atoms with van der Waals surface area (Å²) >= 11 is 2.65. The van der Waals surface area contributed by atoms with Crippen molar-refractivity contribution in [2.45, 2.75) is 18.2 Å². The highest BCUT2D eigenvalue weighted by molar-refractivity contribution is 8.01. The van der Waals surface area contributed by atoms with E-state index in [1.807, 2.05) is 32.0 Å². The number of carbonyl (C=O) groups excluding carboxylic acids is 2. The van der Waals surface area contributed by atoms with Gasteiger partial charge in [-0.2, -0.15) is 0 Å². The third kappa shape index (κ3) is 5.93. The Kier molecular flexibility index (Phi) is 7.50. The highest BCUT2D eigenvalue weighted by atomic mass is 32.2. The molecule has 0 aliphatic carbocycles. The normalized spacial score (nSPS) is 10.8. The first kappa shape index (κ1) is 25.8. The lowest BCUT2D eigenvalue weighted by Gasteiger charge is -2.10. The van der Waals surface area contributed by atoms with Crippen LogP contribution in [0.5, 0.6) is 0 Å². The Labute approximate surface area is 218 Å². The summed E-state index contributed by atoms with van der Waals surface area (Å²) < 4.78 is 1.44. The van der Waals surface area contributed by atoms with E-state index in [2.05, 4.69) is 15.6 Å². The fourth-order valence-corrected chi connectivity index (χ4v) is 5.48. The molecule has 4 aromatic rings. The largest absolute Gasteiger partial charge is 0.478 e. The molecular formula is C25H20N4O6S2. The number of para-hydroxylation sites is 1. The van der Waals surface area contributed by atoms with Crippen LogP contribution in [0.25, 0.3) is 10.2 Å². The molecule has 10 nitrogen and oxygen atoms in total. The number of carboxylic acid groups (broad SMARTS) is 1. The smallest absolute Gasteiger partial charge is 0.336 e. The average molecular weight is 537 g/mol. The molecule has 0 saturated heterocycles. The number of hydrogen-bond acceptors (Lipinski definition) is 8. The molecular weight excluding hydrogens is 516 g/mol. The number of thiazole rings is 1. The number of carboxylic acids is 1. The van der Waals surface area contributed by atoms with Crippen LogP contribution in [0.4, 0.5) is 17.1 Å². The van der Waals surface area contributed by atoms with Gasteiger partial charge in [0.15, 0.2) is 4.34 Å². The Balaban J connectivity index is 1.45. The number of rotatable bonds is 8. The maximum absolute atomic E-state index is 12.7. The lowest BCUT2D eigenvalue weighted by molar-refractivity contribution is -0.384. The lowest BCUT2D eigenvalue weighted by Crippen LogP contribution is -2.16. The molecule has 3 aromatic carbocycles. The Morgan fingerprint density at radius 2 is 1.76 bits per heavy atom. The number of aromatic nitrogens is 1. The van der Waals surface area contributed by atoms with Gasteiger partial charge >= 0.3 is 5.97 Å². The molecule has 0 atom stereocenters. The molecule has 0 spiro atoms. The van der Waals surface area contributed by atoms with Crippen molar-refractivity contribution in [3.8, 4) is 0 Å². The number of nitrogens with zero attached hydrogens (tertiary/aromatic N) is 2. The highest BCUT2D eigenvalue weighted by Crippen LogP contribution is 2.32. The molecule has 0 aliphatic heterocycles. The fourth-order valence-electron chi connectivity index (χ4n) is 3.58. The van der Waals surface area contributed by atoms with E-state index in [4.69, 9.17) is 0 Å². The number of nitro groups is 1. The molecule has 4 rings (SSSR count). The molecule has 0 radical (unpaired) electrons. The van der Waals surface area contributed by atoms with Gasteiger partial charge in [0.25, 0.3) is 11.6 Å². The number of benzene rings is 3. The fraction of sp³-hybridized carbons (Fsp3) is 0.120. The predicted octanol–water partition coefficient (Wildman–Crippen LogP) is 5.50. The summed E-state index contributed by atoms with van der Waals surface area (Å²) in [5, 5.41) is 25.9. The van der Waals surface area contributed by atoms with Crippen LogP contribution in [-0.2, 0) is 4.79 Å². The number of fused-ring (bicyclic) bond motifs is 1. The van der Waals surface area contributed by atoms with Gasteiger partial charge in [-0.3, -0.25) is 19.7 Å². The number of nitro benzene ring substituents is 1. The second kappa shape index (κ2) is 10.8. The number of amides is 2. The SMILES string of the molecule is Cc1cccc(C)c1NC(=O)CSc1nc2ccc(NC(=O)c3ccc([N+](=O)[O-])cc3C(=O)O)cc2s1. The molecule has 12 heteroatoms. The zero-order valence-electron chi connectivity index (χ0n) is 19.6. The number of anilines is 2. The summed E-state index contributed by atoms with van der Waals surface area (Å²) in [5.41, 5.74) is 2.76. The van der Waals surface area contributed by atoms with Crippen molar-refractivity contribution in [3.05, 3.63) is 87.0 Å². The van der Waals surface area contributed by atoms with Gasteiger partial charge in [-0.1, -0.05) is 30.0 Å². The summed E-state index contributed by atoms with van der Waals surface area (Å²) in [4.78, 5) is 51.5. The van der Waals surface area contributed by atoms with Gasteiger partial charge in [-0.25, -0.2) is 9.78 Å². The number of thioether (sulfide) groups is 1. The molecule has 0 unspecified atom stereocenters. The molecule has 1 aromatic heterocycles. The molecule has 3 N–H and O–H groups in total. The molecule has 0 saturated carbocycles. The van der Waals surface area contributed by atoms with E-state index in [-0.39, 0.29) is 17.2 Å². The number of hydrogen-bond donors (Lipinski definition) is 3. The summed E-state index contributed by atoms with van der Waals surface area (Å²) in [6.45, 7) is 3.87. The second-order valence-corrected chi connectivity index (χ2v) is 10.3. The third-order valence-corrected chi connectivity index (χ3v) is 7.55. The maximum atomic E-state index is 12.7. The van der Waals surface area contributed by atoms with Crippen molar-refractivity contribution in [3.63, 3.8) is 0 Å². The summed E-state index contributed by atoms with van der Waals surface area (Å²) in [6, 6.07) is 13.9. The van der Waals surface area contributed by atoms with Crippen LogP contribution in [0, 0.1) is 24.0 Å². The van der Waals surface area contributed by atoms with Crippen molar-refractivity contribution >= 4 is 68.2 Å². The first-order chi connectivity index (χ1) is 17.6. The molecule has 0 aliphatic rings. The van der Waals surface area contributed by atoms with E-state index in [9.17, 15) is 29.6 Å². The van der Waals surface area contributed by atoms with Gasteiger partial charge in [-0.05, 0) is 49.2 Å². The summed E-state index contributed by atoms with van der Waals surface area (Å²) in [7, 11) is 0. The van der Waals surface area contributed by atoms with Crippen LogP contribution < -0.4 is 10.6 Å². The van der Waals surface area contributed by atoms with Gasteiger partial charge < -0.3 is 15.7 Å². The topological polar surface area (TPSA) is 152 Å². The number of carbonyl (C=O) groups is 3. The monoisotopic (exact) mass is 536 g/mol. The van der Waals surface area contributed by atoms with Crippen LogP contribution in [0.15, 0.2) is 58.9 Å². The molecule has 0 bridgehead atoms. The minimum absolute atomic E-state index is 0.146. The minimum atomic E-state index is -1.45. The van der Waals surface area contributed by atoms with Crippen LogP contribution in [-0.4, -0.2) is 38.6 Å². The number of non-ortho nitro benzene ring substituents is 1. The predicted molar refractivity (Wildman–Crippen MR) is 143 cm³/mol. The van der Waals surface area contributed by atoms with E-state index in [1.165, 1.54) is 23.1 Å². The van der Waals surface area contributed by atoms with E-state index in [0.717, 1.165) is 39.7 Å². The molecule has 2 amide bonds. The van der Waals surface area contributed by atoms with Gasteiger partial charge in [-0.15, -0.1) is 11.3 Å². The molecule has 37 heavy (non-hydrogen) atoms. The Morgan fingerprint density at radius 3 is 2.43 bits per heavy atom. The third-order valence-electron chi connectivity index (χ3n) is 5.39. The molecule has 0 fully saturated rings. The van der Waals surface area contributed by atoms with E-state index in [1.54, 1.807) is 18.2 Å². The lowest BCUT2D eigenvalue weighted by atomic mass is 10.1. The Morgan fingerprint density at radius 1 is 1.03 bits per heavy atom. The highest BCUT2D eigenvalue weighted by Gasteiger charge is 2.21. The Bertz CT molecular complexity index is 1550. The molecule has 1 heterocycles. The molecule has 188 valence electrons. The first-order valence-corrected chi connectivity index (χ1v) is 12.6. The van der Waals surface area contributed by atoms with Crippen LogP contribution in [0.3, 0.4) is 0 Å². The van der Waals surface area contributed by atoms with Crippen molar-refractivity contribution in [2.75, 3.05) is 16.4 Å². The van der Waals surface area contributed by atoms with Crippen LogP contribution in [0.1, 0.15) is 31.8 Å². The van der Waals surface area contributed by atoms with Gasteiger partial charge in [0.2, 0.25) is 5.91 Å². The van der Waals surface area contributed by atoms with Gasteiger partial charge in [0, 0.05) is 23.5 Å². The minimum Gasteiger partial charge on any atom is -0.478 e. The van der Waals surface area contributed by atoms with Crippen molar-refractivity contribution < 1.29 is 24.4 Å². The van der Waals surface area contributed by atoms with E-state index >= 15 is 0 Å². The van der Waals surface area contributed by atoms with Crippen LogP contribution >= 0.6 is 23.1 Å². The standard InChI is InChI=1S/C25H20N4O6S2/c1-13-4-3-5-14(2)22(13)28-21(30)12-36-25-27-19-9-6-15(10-20(19)37-25)26-23(31)17-8-7-16(29(34)35)11-18(17)24(32)33/h3-11H,12H2,1-2H3,(H,26,31)(H,28,30)(H,32,33). The van der Waals surface area contributed by atoms with Crippen molar-refractivity contribution in [1.82, 2.24) is 4.98 Å². The zero-order chi connectivity index (χ0) is 26.7. The van der Waals surface area contributed by atoms with Gasteiger partial charge in [0.05, 0.1) is 32.0 Å². The number of nitrogens with one attached hydrogen (secondary N) is 2.